The smallest absolute Gasteiger partial charge is 0.254 e. The average molecular weight is 343 g/mol. The summed E-state index contributed by atoms with van der Waals surface area (Å²) in [6, 6.07) is 13.7. The number of benzene rings is 2. The van der Waals surface area contributed by atoms with Crippen molar-refractivity contribution in [3.8, 4) is 6.07 Å². The second-order valence-electron chi connectivity index (χ2n) is 5.35. The maximum Gasteiger partial charge on any atom is 0.254 e. The lowest BCUT2D eigenvalue weighted by Crippen LogP contribution is -2.42. The van der Waals surface area contributed by atoms with Gasteiger partial charge >= 0.3 is 0 Å². The number of hydrogen-bond acceptors (Lipinski definition) is 2. The van der Waals surface area contributed by atoms with Gasteiger partial charge in [-0.15, -0.1) is 0 Å². The van der Waals surface area contributed by atoms with E-state index in [2.05, 4.69) is 22.0 Å². The van der Waals surface area contributed by atoms with Crippen LogP contribution in [0.15, 0.2) is 40.9 Å². The van der Waals surface area contributed by atoms with Crippen molar-refractivity contribution in [2.45, 2.75) is 25.3 Å². The van der Waals surface area contributed by atoms with Crippen molar-refractivity contribution in [2.75, 3.05) is 6.54 Å². The van der Waals surface area contributed by atoms with Crippen molar-refractivity contribution in [3.63, 3.8) is 0 Å². The van der Waals surface area contributed by atoms with E-state index in [-0.39, 0.29) is 11.9 Å². The molecule has 1 heterocycles. The minimum atomic E-state index is -0.285. The van der Waals surface area contributed by atoms with Gasteiger partial charge in [0, 0.05) is 16.6 Å². The fourth-order valence-electron chi connectivity index (χ4n) is 2.82. The molecule has 0 bridgehead atoms. The molecule has 0 aromatic heterocycles. The van der Waals surface area contributed by atoms with Crippen molar-refractivity contribution < 1.29 is 4.79 Å². The number of fused-ring (bicyclic) bond motifs is 1. The second-order valence-corrected chi connectivity index (χ2v) is 6.26. The predicted molar refractivity (Wildman–Crippen MR) is 85.9 cm³/mol. The normalized spacial score (nSPS) is 18.5. The van der Waals surface area contributed by atoms with Gasteiger partial charge in [-0.2, -0.15) is 5.26 Å². The van der Waals surface area contributed by atoms with Gasteiger partial charge in [-0.25, -0.2) is 0 Å². The molecule has 1 atom stereocenters. The molecule has 0 N–H and O–H groups in total. The molecule has 2 aromatic rings. The zero-order chi connectivity index (χ0) is 14.8. The van der Waals surface area contributed by atoms with Crippen molar-refractivity contribution in [3.05, 3.63) is 46.4 Å². The van der Waals surface area contributed by atoms with Gasteiger partial charge in [-0.3, -0.25) is 4.79 Å². The number of rotatable bonds is 1. The maximum absolute atomic E-state index is 12.6. The van der Waals surface area contributed by atoms with E-state index in [0.717, 1.165) is 34.5 Å². The molecule has 0 radical (unpaired) electrons. The third kappa shape index (κ3) is 2.79. The van der Waals surface area contributed by atoms with Crippen LogP contribution in [0.25, 0.3) is 10.8 Å². The third-order valence-electron chi connectivity index (χ3n) is 3.96. The van der Waals surface area contributed by atoms with E-state index >= 15 is 0 Å². The highest BCUT2D eigenvalue weighted by molar-refractivity contribution is 9.10. The third-order valence-corrected chi connectivity index (χ3v) is 4.46. The Balaban J connectivity index is 1.94. The number of nitrogens with zero attached hydrogens (tertiary/aromatic N) is 2. The topological polar surface area (TPSA) is 44.1 Å². The Morgan fingerprint density at radius 1 is 1.19 bits per heavy atom. The number of nitriles is 1. The highest BCUT2D eigenvalue weighted by Crippen LogP contribution is 2.24. The van der Waals surface area contributed by atoms with Crippen molar-refractivity contribution in [1.82, 2.24) is 4.90 Å². The predicted octanol–water partition coefficient (Wildman–Crippen LogP) is 4.12. The van der Waals surface area contributed by atoms with E-state index in [0.29, 0.717) is 12.1 Å². The molecule has 1 amide bonds. The van der Waals surface area contributed by atoms with Crippen molar-refractivity contribution in [2.24, 2.45) is 0 Å². The molecule has 0 saturated carbocycles. The van der Waals surface area contributed by atoms with Crippen LogP contribution in [0.2, 0.25) is 0 Å². The van der Waals surface area contributed by atoms with Gasteiger partial charge in [-0.1, -0.05) is 28.1 Å². The first-order chi connectivity index (χ1) is 10.2. The van der Waals surface area contributed by atoms with E-state index in [1.54, 1.807) is 4.90 Å². The molecule has 1 saturated heterocycles. The Morgan fingerprint density at radius 3 is 2.76 bits per heavy atom. The lowest BCUT2D eigenvalue weighted by molar-refractivity contribution is 0.0671. The number of amides is 1. The first-order valence-corrected chi connectivity index (χ1v) is 7.88. The average Bonchev–Trinajstić information content (AvgIpc) is 2.53. The summed E-state index contributed by atoms with van der Waals surface area (Å²) in [7, 11) is 0. The van der Waals surface area contributed by atoms with Crippen LogP contribution in [0.4, 0.5) is 0 Å². The zero-order valence-electron chi connectivity index (χ0n) is 11.6. The molecule has 1 fully saturated rings. The van der Waals surface area contributed by atoms with Gasteiger partial charge in [0.2, 0.25) is 0 Å². The molecule has 0 spiro atoms. The molecule has 4 heteroatoms. The van der Waals surface area contributed by atoms with Gasteiger partial charge < -0.3 is 4.90 Å². The summed E-state index contributed by atoms with van der Waals surface area (Å²) in [6.45, 7) is 0.676. The molecular formula is C17H15BrN2O. The number of carbonyl (C=O) groups is 1. The van der Waals surface area contributed by atoms with Crippen LogP contribution in [0, 0.1) is 11.3 Å². The van der Waals surface area contributed by atoms with E-state index in [1.165, 1.54) is 0 Å². The molecule has 3 nitrogen and oxygen atoms in total. The molecule has 106 valence electrons. The van der Waals surface area contributed by atoms with E-state index < -0.39 is 0 Å². The van der Waals surface area contributed by atoms with Gasteiger partial charge in [0.1, 0.15) is 6.04 Å². The quantitative estimate of drug-likeness (QED) is 0.782. The van der Waals surface area contributed by atoms with Crippen LogP contribution in [-0.4, -0.2) is 23.4 Å². The lowest BCUT2D eigenvalue weighted by Gasteiger charge is -2.31. The van der Waals surface area contributed by atoms with Crippen LogP contribution in [-0.2, 0) is 0 Å². The molecule has 1 unspecified atom stereocenters. The summed E-state index contributed by atoms with van der Waals surface area (Å²) >= 11 is 3.45. The van der Waals surface area contributed by atoms with Gasteiger partial charge in [0.25, 0.3) is 5.91 Å². The van der Waals surface area contributed by atoms with Gasteiger partial charge in [0.05, 0.1) is 6.07 Å². The zero-order valence-corrected chi connectivity index (χ0v) is 13.1. The largest absolute Gasteiger partial charge is 0.323 e. The van der Waals surface area contributed by atoms with Crippen molar-refractivity contribution in [1.29, 1.82) is 5.26 Å². The van der Waals surface area contributed by atoms with E-state index in [9.17, 15) is 10.1 Å². The molecule has 21 heavy (non-hydrogen) atoms. The first kappa shape index (κ1) is 14.1. The monoisotopic (exact) mass is 342 g/mol. The van der Waals surface area contributed by atoms with Crippen molar-refractivity contribution >= 4 is 32.6 Å². The Hall–Kier alpha value is -1.86. The SMILES string of the molecule is N#CC1CCCCN1C(=O)c1ccc2cc(Br)ccc2c1. The summed E-state index contributed by atoms with van der Waals surface area (Å²) in [5, 5.41) is 11.3. The van der Waals surface area contributed by atoms with E-state index in [4.69, 9.17) is 0 Å². The first-order valence-electron chi connectivity index (χ1n) is 7.09. The highest BCUT2D eigenvalue weighted by Gasteiger charge is 2.27. The molecule has 3 rings (SSSR count). The van der Waals surface area contributed by atoms with Gasteiger partial charge in [-0.05, 0) is 54.3 Å². The standard InChI is InChI=1S/C17H15BrN2O/c18-15-7-6-12-9-14(5-4-13(12)10-15)17(21)20-8-2-1-3-16(20)11-19/h4-7,9-10,16H,1-3,8H2. The summed E-state index contributed by atoms with van der Waals surface area (Å²) in [6.07, 6.45) is 2.78. The number of likely N-dealkylation sites (tertiary alicyclic amines) is 1. The Labute approximate surface area is 132 Å². The number of hydrogen-bond donors (Lipinski definition) is 0. The minimum Gasteiger partial charge on any atom is -0.323 e. The summed E-state index contributed by atoms with van der Waals surface area (Å²) in [5.41, 5.74) is 0.659. The molecule has 0 aliphatic carbocycles. The van der Waals surface area contributed by atoms with Gasteiger partial charge in [0.15, 0.2) is 0 Å². The second kappa shape index (κ2) is 5.87. The van der Waals surface area contributed by atoms with Crippen LogP contribution >= 0.6 is 15.9 Å². The number of carbonyl (C=O) groups excluding carboxylic acids is 1. The summed E-state index contributed by atoms with van der Waals surface area (Å²) in [5.74, 6) is -0.0360. The molecule has 2 aromatic carbocycles. The molecule has 1 aliphatic heterocycles. The van der Waals surface area contributed by atoms with E-state index in [1.807, 2.05) is 36.4 Å². The maximum atomic E-state index is 12.6. The lowest BCUT2D eigenvalue weighted by atomic mass is 10.0. The fourth-order valence-corrected chi connectivity index (χ4v) is 3.20. The van der Waals surface area contributed by atoms with Crippen LogP contribution in [0.5, 0.6) is 0 Å². The molecular weight excluding hydrogens is 328 g/mol. The van der Waals surface area contributed by atoms with Crippen LogP contribution in [0.3, 0.4) is 0 Å². The summed E-state index contributed by atoms with van der Waals surface area (Å²) < 4.78 is 1.02. The highest BCUT2D eigenvalue weighted by atomic mass is 79.9. The Morgan fingerprint density at radius 2 is 1.95 bits per heavy atom. The number of halogens is 1. The summed E-state index contributed by atoms with van der Waals surface area (Å²) in [4.78, 5) is 14.4. The Bertz CT molecular complexity index is 735. The van der Waals surface area contributed by atoms with Crippen LogP contribution in [0.1, 0.15) is 29.6 Å². The van der Waals surface area contributed by atoms with Crippen LogP contribution < -0.4 is 0 Å². The molecule has 1 aliphatic rings. The fraction of sp³-hybridized carbons (Fsp3) is 0.294. The minimum absolute atomic E-state index is 0.0360. The number of piperidine rings is 1. The Kier molecular flexibility index (Phi) is 3.94.